The second-order valence-corrected chi connectivity index (χ2v) is 5.75. The van der Waals surface area contributed by atoms with E-state index in [2.05, 4.69) is 10.3 Å². The van der Waals surface area contributed by atoms with Gasteiger partial charge in [-0.05, 0) is 25.7 Å². The monoisotopic (exact) mass is 306 g/mol. The summed E-state index contributed by atoms with van der Waals surface area (Å²) in [4.78, 5) is 25.8. The summed E-state index contributed by atoms with van der Waals surface area (Å²) >= 11 is 0. The number of hydrogen-bond acceptors (Lipinski definition) is 6. The van der Waals surface area contributed by atoms with Gasteiger partial charge in [0.15, 0.2) is 0 Å². The quantitative estimate of drug-likeness (QED) is 0.641. The molecule has 0 radical (unpaired) electrons. The van der Waals surface area contributed by atoms with E-state index in [-0.39, 0.29) is 23.4 Å². The molecule has 3 N–H and O–H groups in total. The number of rotatable bonds is 4. The Labute approximate surface area is 127 Å². The minimum absolute atomic E-state index is 0.0511. The highest BCUT2D eigenvalue weighted by molar-refractivity contribution is 5.98. The molecule has 3 unspecified atom stereocenters. The predicted octanol–water partition coefficient (Wildman–Crippen LogP) is 1.46. The first-order valence-electron chi connectivity index (χ1n) is 7.38. The van der Waals surface area contributed by atoms with E-state index in [0.29, 0.717) is 11.7 Å². The van der Waals surface area contributed by atoms with Gasteiger partial charge in [0.25, 0.3) is 11.6 Å². The molecule has 2 heterocycles. The van der Waals surface area contributed by atoms with Gasteiger partial charge >= 0.3 is 0 Å². The largest absolute Gasteiger partial charge is 0.378 e. The van der Waals surface area contributed by atoms with Gasteiger partial charge in [0.05, 0.1) is 16.6 Å². The standard InChI is InChI=1S/C14H18N4O4/c15-13(19)10-6-8(18(20)21)7-16-14(10)17-11-2-1-3-12-9(11)4-5-22-12/h6-7,9,11-12H,1-5H2,(H2,15,19)(H,16,17). The summed E-state index contributed by atoms with van der Waals surface area (Å²) in [5.74, 6) is -0.0316. The summed E-state index contributed by atoms with van der Waals surface area (Å²) in [6.45, 7) is 0.754. The van der Waals surface area contributed by atoms with Crippen LogP contribution in [0.2, 0.25) is 0 Å². The van der Waals surface area contributed by atoms with Crippen LogP contribution in [0, 0.1) is 16.0 Å². The zero-order chi connectivity index (χ0) is 15.7. The van der Waals surface area contributed by atoms with Crippen molar-refractivity contribution in [1.29, 1.82) is 0 Å². The van der Waals surface area contributed by atoms with Gasteiger partial charge in [0.2, 0.25) is 0 Å². The lowest BCUT2D eigenvalue weighted by atomic mass is 9.82. The normalized spacial score (nSPS) is 27.2. The molecule has 22 heavy (non-hydrogen) atoms. The van der Waals surface area contributed by atoms with E-state index in [4.69, 9.17) is 10.5 Å². The number of primary amides is 1. The van der Waals surface area contributed by atoms with E-state index >= 15 is 0 Å². The zero-order valence-electron chi connectivity index (χ0n) is 12.0. The SMILES string of the molecule is NC(=O)c1cc([N+](=O)[O-])cnc1NC1CCCC2OCCC12. The Kier molecular flexibility index (Phi) is 3.93. The molecular weight excluding hydrogens is 288 g/mol. The van der Waals surface area contributed by atoms with Gasteiger partial charge in [-0.15, -0.1) is 0 Å². The van der Waals surface area contributed by atoms with Gasteiger partial charge in [-0.1, -0.05) is 0 Å². The average Bonchev–Trinajstić information content (AvgIpc) is 2.96. The van der Waals surface area contributed by atoms with Crippen LogP contribution in [0.15, 0.2) is 12.3 Å². The molecule has 8 nitrogen and oxygen atoms in total. The van der Waals surface area contributed by atoms with Crippen molar-refractivity contribution in [1.82, 2.24) is 4.98 Å². The van der Waals surface area contributed by atoms with Crippen LogP contribution in [-0.4, -0.2) is 34.6 Å². The molecule has 1 aliphatic heterocycles. The van der Waals surface area contributed by atoms with Gasteiger partial charge in [0.1, 0.15) is 12.0 Å². The Hall–Kier alpha value is -2.22. The fourth-order valence-corrected chi connectivity index (χ4v) is 3.39. The Morgan fingerprint density at radius 3 is 3.00 bits per heavy atom. The molecule has 1 aromatic heterocycles. The van der Waals surface area contributed by atoms with Crippen LogP contribution in [0.5, 0.6) is 0 Å². The summed E-state index contributed by atoms with van der Waals surface area (Å²) in [5.41, 5.74) is 5.14. The molecule has 1 amide bonds. The fraction of sp³-hybridized carbons (Fsp3) is 0.571. The fourth-order valence-electron chi connectivity index (χ4n) is 3.39. The lowest BCUT2D eigenvalue weighted by Gasteiger charge is -2.33. The number of pyridine rings is 1. The average molecular weight is 306 g/mol. The maximum absolute atomic E-state index is 11.6. The number of aromatic nitrogens is 1. The molecule has 3 atom stereocenters. The number of ether oxygens (including phenoxy) is 1. The summed E-state index contributed by atoms with van der Waals surface area (Å²) in [6, 6.07) is 1.32. The third-order valence-electron chi connectivity index (χ3n) is 4.45. The molecule has 8 heteroatoms. The molecule has 1 saturated heterocycles. The van der Waals surface area contributed by atoms with Gasteiger partial charge in [0, 0.05) is 24.6 Å². The minimum Gasteiger partial charge on any atom is -0.378 e. The van der Waals surface area contributed by atoms with Crippen LogP contribution in [0.3, 0.4) is 0 Å². The van der Waals surface area contributed by atoms with E-state index in [1.165, 1.54) is 6.07 Å². The van der Waals surface area contributed by atoms with Crippen molar-refractivity contribution >= 4 is 17.4 Å². The van der Waals surface area contributed by atoms with Crippen LogP contribution < -0.4 is 11.1 Å². The highest BCUT2D eigenvalue weighted by Gasteiger charge is 2.38. The van der Waals surface area contributed by atoms with Crippen molar-refractivity contribution < 1.29 is 14.5 Å². The summed E-state index contributed by atoms with van der Waals surface area (Å²) in [5, 5.41) is 14.1. The molecule has 0 aromatic carbocycles. The molecule has 1 aliphatic carbocycles. The maximum atomic E-state index is 11.6. The minimum atomic E-state index is -0.728. The molecular formula is C14H18N4O4. The van der Waals surface area contributed by atoms with Crippen molar-refractivity contribution in [2.45, 2.75) is 37.8 Å². The van der Waals surface area contributed by atoms with E-state index in [1.54, 1.807) is 0 Å². The molecule has 1 saturated carbocycles. The third kappa shape index (κ3) is 2.74. The van der Waals surface area contributed by atoms with E-state index in [0.717, 1.165) is 38.5 Å². The van der Waals surface area contributed by atoms with Crippen molar-refractivity contribution in [2.75, 3.05) is 11.9 Å². The highest BCUT2D eigenvalue weighted by Crippen LogP contribution is 2.36. The molecule has 3 rings (SSSR count). The Morgan fingerprint density at radius 1 is 1.45 bits per heavy atom. The summed E-state index contributed by atoms with van der Waals surface area (Å²) in [6.07, 6.45) is 5.42. The number of fused-ring (bicyclic) bond motifs is 1. The zero-order valence-corrected chi connectivity index (χ0v) is 12.0. The van der Waals surface area contributed by atoms with Crippen molar-refractivity contribution in [3.63, 3.8) is 0 Å². The topological polar surface area (TPSA) is 120 Å². The highest BCUT2D eigenvalue weighted by atomic mass is 16.6. The molecule has 1 aromatic rings. The Balaban J connectivity index is 1.85. The van der Waals surface area contributed by atoms with Crippen LogP contribution >= 0.6 is 0 Å². The predicted molar refractivity (Wildman–Crippen MR) is 78.5 cm³/mol. The van der Waals surface area contributed by atoms with Crippen LogP contribution in [-0.2, 0) is 4.74 Å². The summed E-state index contributed by atoms with van der Waals surface area (Å²) < 4.78 is 5.71. The van der Waals surface area contributed by atoms with Crippen LogP contribution in [0.4, 0.5) is 11.5 Å². The first-order chi connectivity index (χ1) is 10.6. The smallest absolute Gasteiger partial charge is 0.288 e. The van der Waals surface area contributed by atoms with Crippen molar-refractivity contribution in [3.8, 4) is 0 Å². The first kappa shape index (κ1) is 14.7. The lowest BCUT2D eigenvalue weighted by molar-refractivity contribution is -0.385. The Bertz CT molecular complexity index is 607. The number of carbonyl (C=O) groups excluding carboxylic acids is 1. The van der Waals surface area contributed by atoms with Crippen molar-refractivity contribution in [3.05, 3.63) is 27.9 Å². The number of anilines is 1. The first-order valence-corrected chi connectivity index (χ1v) is 7.38. The maximum Gasteiger partial charge on any atom is 0.288 e. The second-order valence-electron chi connectivity index (χ2n) is 5.75. The number of nitrogens with two attached hydrogens (primary N) is 1. The lowest BCUT2D eigenvalue weighted by Crippen LogP contribution is -2.39. The van der Waals surface area contributed by atoms with E-state index < -0.39 is 10.8 Å². The molecule has 2 fully saturated rings. The number of amides is 1. The van der Waals surface area contributed by atoms with E-state index in [1.807, 2.05) is 0 Å². The third-order valence-corrected chi connectivity index (χ3v) is 4.45. The van der Waals surface area contributed by atoms with Gasteiger partial charge in [-0.3, -0.25) is 14.9 Å². The van der Waals surface area contributed by atoms with Crippen LogP contribution in [0.1, 0.15) is 36.0 Å². The molecule has 2 aliphatic rings. The number of nitrogens with zero attached hydrogens (tertiary/aromatic N) is 2. The Morgan fingerprint density at radius 2 is 2.27 bits per heavy atom. The molecule has 118 valence electrons. The number of hydrogen-bond donors (Lipinski definition) is 2. The second kappa shape index (κ2) is 5.88. The van der Waals surface area contributed by atoms with Gasteiger partial charge in [-0.2, -0.15) is 0 Å². The molecule has 0 spiro atoms. The number of nitro groups is 1. The molecule has 0 bridgehead atoms. The van der Waals surface area contributed by atoms with Crippen LogP contribution in [0.25, 0.3) is 0 Å². The van der Waals surface area contributed by atoms with Gasteiger partial charge in [-0.25, -0.2) is 4.98 Å². The van der Waals surface area contributed by atoms with Crippen molar-refractivity contribution in [2.24, 2.45) is 11.7 Å². The van der Waals surface area contributed by atoms with E-state index in [9.17, 15) is 14.9 Å². The number of carbonyl (C=O) groups is 1. The van der Waals surface area contributed by atoms with Gasteiger partial charge < -0.3 is 15.8 Å². The number of nitrogens with one attached hydrogen (secondary N) is 1. The summed E-state index contributed by atoms with van der Waals surface area (Å²) in [7, 11) is 0.